The Bertz CT molecular complexity index is 591. The van der Waals surface area contributed by atoms with Gasteiger partial charge in [-0.1, -0.05) is 38.1 Å². The van der Waals surface area contributed by atoms with Crippen LogP contribution in [0.5, 0.6) is 0 Å². The number of carbonyl (C=O) groups is 1. The molecule has 1 atom stereocenters. The summed E-state index contributed by atoms with van der Waals surface area (Å²) in [6.07, 6.45) is 4.84. The zero-order valence-corrected chi connectivity index (χ0v) is 13.5. The monoisotopic (exact) mass is 299 g/mol. The summed E-state index contributed by atoms with van der Waals surface area (Å²) in [6, 6.07) is 8.25. The van der Waals surface area contributed by atoms with Crippen molar-refractivity contribution in [2.45, 2.75) is 39.0 Å². The van der Waals surface area contributed by atoms with Gasteiger partial charge in [0.05, 0.1) is 0 Å². The second-order valence-corrected chi connectivity index (χ2v) is 6.75. The minimum Gasteiger partial charge on any atom is -0.396 e. The van der Waals surface area contributed by atoms with Gasteiger partial charge in [-0.2, -0.15) is 0 Å². The average molecular weight is 299 g/mol. The summed E-state index contributed by atoms with van der Waals surface area (Å²) in [5.74, 6) is 0.353. The van der Waals surface area contributed by atoms with E-state index in [9.17, 15) is 9.90 Å². The van der Waals surface area contributed by atoms with Gasteiger partial charge in [-0.3, -0.25) is 4.79 Å². The Morgan fingerprint density at radius 1 is 1.32 bits per heavy atom. The quantitative estimate of drug-likeness (QED) is 0.931. The third-order valence-electron chi connectivity index (χ3n) is 5.68. The second-order valence-electron chi connectivity index (χ2n) is 6.75. The molecule has 0 saturated carbocycles. The number of nitrogens with zero attached hydrogens (tertiary/aromatic N) is 1. The van der Waals surface area contributed by atoms with Gasteiger partial charge in [0.1, 0.15) is 0 Å². The number of piperidine rings is 1. The molecule has 3 rings (SSSR count). The van der Waals surface area contributed by atoms with E-state index >= 15 is 0 Å². The van der Waals surface area contributed by atoms with Crippen molar-refractivity contribution in [2.24, 2.45) is 5.41 Å². The van der Waals surface area contributed by atoms with Crippen LogP contribution in [0.15, 0.2) is 29.8 Å². The van der Waals surface area contributed by atoms with E-state index in [1.807, 2.05) is 17.0 Å². The molecule has 2 aliphatic rings. The molecule has 1 aromatic rings. The number of aliphatic hydroxyl groups is 1. The Labute approximate surface area is 132 Å². The smallest absolute Gasteiger partial charge is 0.250 e. The molecule has 1 aromatic carbocycles. The molecule has 22 heavy (non-hydrogen) atoms. The molecule has 1 amide bonds. The maximum atomic E-state index is 12.9. The van der Waals surface area contributed by atoms with E-state index in [-0.39, 0.29) is 23.8 Å². The summed E-state index contributed by atoms with van der Waals surface area (Å²) in [5, 5.41) is 9.62. The number of amides is 1. The molecule has 1 N–H and O–H groups in total. The predicted octanol–water partition coefficient (Wildman–Crippen LogP) is 3.20. The molecular weight excluding hydrogens is 274 g/mol. The molecule has 118 valence electrons. The van der Waals surface area contributed by atoms with E-state index in [2.05, 4.69) is 32.1 Å². The first-order valence-electron chi connectivity index (χ1n) is 8.31. The van der Waals surface area contributed by atoms with Gasteiger partial charge in [0.15, 0.2) is 0 Å². The molecule has 0 radical (unpaired) electrons. The van der Waals surface area contributed by atoms with Crippen LogP contribution in [0.3, 0.4) is 0 Å². The molecular formula is C19H25NO2. The molecule has 3 heteroatoms. The number of fused-ring (bicyclic) bond motifs is 1. The summed E-state index contributed by atoms with van der Waals surface area (Å²) in [7, 11) is 0. The van der Waals surface area contributed by atoms with Crippen molar-refractivity contribution in [3.05, 3.63) is 41.0 Å². The van der Waals surface area contributed by atoms with Crippen molar-refractivity contribution in [3.63, 3.8) is 0 Å². The van der Waals surface area contributed by atoms with Gasteiger partial charge in [-0.25, -0.2) is 0 Å². The Balaban J connectivity index is 1.72. The first-order chi connectivity index (χ1) is 10.6. The van der Waals surface area contributed by atoms with Crippen LogP contribution < -0.4 is 0 Å². The average Bonchev–Trinajstić information content (AvgIpc) is 2.92. The van der Waals surface area contributed by atoms with Crippen molar-refractivity contribution in [1.82, 2.24) is 4.90 Å². The second kappa shape index (κ2) is 5.88. The van der Waals surface area contributed by atoms with Crippen LogP contribution in [0.2, 0.25) is 0 Å². The molecule has 3 nitrogen and oxygen atoms in total. The van der Waals surface area contributed by atoms with Crippen molar-refractivity contribution in [2.75, 3.05) is 19.7 Å². The lowest BCUT2D eigenvalue weighted by molar-refractivity contribution is -0.130. The summed E-state index contributed by atoms with van der Waals surface area (Å²) in [5.41, 5.74) is 3.36. The van der Waals surface area contributed by atoms with Crippen molar-refractivity contribution in [3.8, 4) is 0 Å². The lowest BCUT2D eigenvalue weighted by Crippen LogP contribution is -2.45. The number of rotatable bonds is 3. The molecule has 1 heterocycles. The zero-order chi connectivity index (χ0) is 15.7. The van der Waals surface area contributed by atoms with Crippen LogP contribution in [0, 0.1) is 5.41 Å². The van der Waals surface area contributed by atoms with E-state index < -0.39 is 0 Å². The van der Waals surface area contributed by atoms with Crippen LogP contribution in [0.1, 0.15) is 50.2 Å². The summed E-state index contributed by atoms with van der Waals surface area (Å²) >= 11 is 0. The van der Waals surface area contributed by atoms with Gasteiger partial charge in [-0.15, -0.1) is 0 Å². The Hall–Kier alpha value is -1.61. The molecule has 0 bridgehead atoms. The summed E-state index contributed by atoms with van der Waals surface area (Å²) in [6.45, 7) is 5.99. The predicted molar refractivity (Wildman–Crippen MR) is 88.5 cm³/mol. The van der Waals surface area contributed by atoms with Crippen LogP contribution >= 0.6 is 0 Å². The molecule has 1 saturated heterocycles. The largest absolute Gasteiger partial charge is 0.396 e. The third-order valence-corrected chi connectivity index (χ3v) is 5.68. The highest BCUT2D eigenvalue weighted by molar-refractivity contribution is 6.01. The van der Waals surface area contributed by atoms with Crippen LogP contribution in [0.4, 0.5) is 0 Å². The lowest BCUT2D eigenvalue weighted by Gasteiger charge is -2.40. The van der Waals surface area contributed by atoms with Gasteiger partial charge in [0.2, 0.25) is 5.91 Å². The summed E-state index contributed by atoms with van der Waals surface area (Å²) in [4.78, 5) is 14.8. The number of benzene rings is 1. The van der Waals surface area contributed by atoms with E-state index in [1.165, 1.54) is 11.1 Å². The fourth-order valence-electron chi connectivity index (χ4n) is 3.73. The maximum absolute atomic E-state index is 12.9. The van der Waals surface area contributed by atoms with Gasteiger partial charge in [-0.05, 0) is 41.9 Å². The van der Waals surface area contributed by atoms with Gasteiger partial charge < -0.3 is 10.0 Å². The lowest BCUT2D eigenvalue weighted by atomic mass is 9.77. The molecule has 0 aromatic heterocycles. The fraction of sp³-hybridized carbons (Fsp3) is 0.526. The van der Waals surface area contributed by atoms with Gasteiger partial charge in [0.25, 0.3) is 0 Å². The number of carbonyl (C=O) groups excluding carboxylic acids is 1. The minimum absolute atomic E-state index is 0.0232. The Morgan fingerprint density at radius 3 is 2.59 bits per heavy atom. The maximum Gasteiger partial charge on any atom is 0.250 e. The van der Waals surface area contributed by atoms with E-state index in [0.29, 0.717) is 0 Å². The minimum atomic E-state index is 0.0232. The van der Waals surface area contributed by atoms with Crippen molar-refractivity contribution < 1.29 is 9.90 Å². The van der Waals surface area contributed by atoms with E-state index in [0.717, 1.165) is 37.9 Å². The zero-order valence-electron chi connectivity index (χ0n) is 13.5. The Morgan fingerprint density at radius 2 is 2.00 bits per heavy atom. The highest BCUT2D eigenvalue weighted by atomic mass is 16.3. The number of hydrogen-bond donors (Lipinski definition) is 1. The highest BCUT2D eigenvalue weighted by Gasteiger charge is 2.36. The van der Waals surface area contributed by atoms with Gasteiger partial charge in [0, 0.05) is 31.2 Å². The third kappa shape index (κ3) is 2.48. The molecule has 1 fully saturated rings. The summed E-state index contributed by atoms with van der Waals surface area (Å²) < 4.78 is 0. The number of likely N-dealkylation sites (tertiary alicyclic amines) is 1. The van der Waals surface area contributed by atoms with Crippen molar-refractivity contribution in [1.29, 1.82) is 0 Å². The molecule has 1 aliphatic heterocycles. The van der Waals surface area contributed by atoms with E-state index in [4.69, 9.17) is 0 Å². The first-order valence-corrected chi connectivity index (χ1v) is 8.31. The van der Waals surface area contributed by atoms with Crippen LogP contribution in [-0.2, 0) is 4.79 Å². The number of aliphatic hydroxyl groups excluding tert-OH is 1. The number of hydrogen-bond acceptors (Lipinski definition) is 2. The topological polar surface area (TPSA) is 40.5 Å². The van der Waals surface area contributed by atoms with Gasteiger partial charge >= 0.3 is 0 Å². The molecule has 0 spiro atoms. The molecule has 1 aliphatic carbocycles. The SMILES string of the molecule is CCC1(CO)CCN(C(=O)C2=Cc3ccccc3[C@@H]2C)CC1. The standard InChI is InChI=1S/C19H25NO2/c1-3-19(13-21)8-10-20(11-9-19)18(22)17-12-15-6-4-5-7-16(15)14(17)2/h4-7,12,14,21H,3,8-11,13H2,1-2H3/t14-/m0/s1. The van der Waals surface area contributed by atoms with Crippen molar-refractivity contribution >= 4 is 12.0 Å². The highest BCUT2D eigenvalue weighted by Crippen LogP contribution is 2.39. The van der Waals surface area contributed by atoms with Crippen LogP contribution in [-0.4, -0.2) is 35.6 Å². The Kier molecular flexibility index (Phi) is 4.09. The first kappa shape index (κ1) is 15.3. The van der Waals surface area contributed by atoms with E-state index in [1.54, 1.807) is 0 Å². The molecule has 0 unspecified atom stereocenters. The van der Waals surface area contributed by atoms with Crippen LogP contribution in [0.25, 0.3) is 6.08 Å². The fourth-order valence-corrected chi connectivity index (χ4v) is 3.73. The normalized spacial score (nSPS) is 23.1.